The van der Waals surface area contributed by atoms with E-state index in [-0.39, 0.29) is 18.4 Å². The first-order chi connectivity index (χ1) is 10.0. The van der Waals surface area contributed by atoms with Crippen LogP contribution in [0.1, 0.15) is 33.1 Å². The summed E-state index contributed by atoms with van der Waals surface area (Å²) in [5, 5.41) is 8.83. The van der Waals surface area contributed by atoms with Gasteiger partial charge in [-0.15, -0.1) is 0 Å². The molecule has 0 saturated carbocycles. The topological polar surface area (TPSA) is 64.1 Å². The number of hydrogen-bond acceptors (Lipinski definition) is 3. The number of carboxylic acids is 1. The van der Waals surface area contributed by atoms with E-state index in [1.54, 1.807) is 0 Å². The van der Waals surface area contributed by atoms with Crippen LogP contribution in [-0.4, -0.2) is 77.1 Å². The molecule has 2 rings (SSSR count). The molecule has 1 N–H and O–H groups in total. The van der Waals surface area contributed by atoms with Crippen LogP contribution in [-0.2, 0) is 4.79 Å². The fourth-order valence-electron chi connectivity index (χ4n) is 3.41. The van der Waals surface area contributed by atoms with Crippen molar-refractivity contribution in [3.05, 3.63) is 0 Å². The van der Waals surface area contributed by atoms with E-state index >= 15 is 0 Å². The van der Waals surface area contributed by atoms with Crippen molar-refractivity contribution in [2.24, 2.45) is 5.92 Å². The zero-order valence-electron chi connectivity index (χ0n) is 13.1. The van der Waals surface area contributed by atoms with E-state index in [4.69, 9.17) is 5.11 Å². The zero-order valence-corrected chi connectivity index (χ0v) is 13.1. The molecule has 6 heteroatoms. The quantitative estimate of drug-likeness (QED) is 0.853. The van der Waals surface area contributed by atoms with Gasteiger partial charge in [-0.3, -0.25) is 9.69 Å². The van der Waals surface area contributed by atoms with Crippen molar-refractivity contribution in [1.82, 2.24) is 14.7 Å². The van der Waals surface area contributed by atoms with Gasteiger partial charge in [0.15, 0.2) is 0 Å². The number of likely N-dealkylation sites (N-methyl/N-ethyl adjacent to an activating group) is 1. The van der Waals surface area contributed by atoms with E-state index < -0.39 is 5.97 Å². The summed E-state index contributed by atoms with van der Waals surface area (Å²) in [6.07, 6.45) is 1.85. The first-order valence-corrected chi connectivity index (χ1v) is 8.01. The Morgan fingerprint density at radius 1 is 1.10 bits per heavy atom. The molecule has 0 aromatic carbocycles. The normalized spacial score (nSPS) is 25.1. The molecule has 0 spiro atoms. The third kappa shape index (κ3) is 4.09. The van der Waals surface area contributed by atoms with Gasteiger partial charge in [0, 0.05) is 45.2 Å². The van der Waals surface area contributed by atoms with Crippen molar-refractivity contribution in [2.75, 3.05) is 39.3 Å². The second-order valence-electron chi connectivity index (χ2n) is 6.23. The number of piperazine rings is 1. The fourth-order valence-corrected chi connectivity index (χ4v) is 3.41. The average Bonchev–Trinajstić information content (AvgIpc) is 2.46. The molecular weight excluding hydrogens is 270 g/mol. The predicted molar refractivity (Wildman–Crippen MR) is 80.2 cm³/mol. The number of carbonyl (C=O) groups is 2. The highest BCUT2D eigenvalue weighted by Crippen LogP contribution is 2.22. The number of nitrogens with zero attached hydrogens (tertiary/aromatic N) is 3. The third-order valence-electron chi connectivity index (χ3n) is 4.79. The van der Waals surface area contributed by atoms with Gasteiger partial charge >= 0.3 is 12.0 Å². The summed E-state index contributed by atoms with van der Waals surface area (Å²) in [6.45, 7) is 9.28. The standard InChI is InChI=1S/C15H27N3O3/c1-3-16-8-9-18(11-12(16)2)15(21)17-6-4-13(5-7-17)10-14(19)20/h12-13H,3-11H2,1-2H3,(H,19,20). The SMILES string of the molecule is CCN1CCN(C(=O)N2CCC(CC(=O)O)CC2)CC1C. The van der Waals surface area contributed by atoms with Crippen LogP contribution in [0.3, 0.4) is 0 Å². The molecule has 0 aliphatic carbocycles. The van der Waals surface area contributed by atoms with Gasteiger partial charge in [-0.25, -0.2) is 4.79 Å². The average molecular weight is 297 g/mol. The van der Waals surface area contributed by atoms with Crippen LogP contribution in [0.4, 0.5) is 4.79 Å². The highest BCUT2D eigenvalue weighted by Gasteiger charge is 2.31. The molecule has 0 bridgehead atoms. The van der Waals surface area contributed by atoms with Crippen molar-refractivity contribution in [3.8, 4) is 0 Å². The first-order valence-electron chi connectivity index (χ1n) is 8.01. The van der Waals surface area contributed by atoms with Gasteiger partial charge in [-0.2, -0.15) is 0 Å². The zero-order chi connectivity index (χ0) is 15.4. The van der Waals surface area contributed by atoms with Gasteiger partial charge in [0.05, 0.1) is 0 Å². The largest absolute Gasteiger partial charge is 0.481 e. The van der Waals surface area contributed by atoms with Crippen LogP contribution in [0.25, 0.3) is 0 Å². The second kappa shape index (κ2) is 7.11. The first kappa shape index (κ1) is 16.1. The van der Waals surface area contributed by atoms with E-state index in [1.165, 1.54) is 0 Å². The summed E-state index contributed by atoms with van der Waals surface area (Å²) < 4.78 is 0. The minimum Gasteiger partial charge on any atom is -0.481 e. The molecule has 6 nitrogen and oxygen atoms in total. The number of piperidine rings is 1. The third-order valence-corrected chi connectivity index (χ3v) is 4.79. The summed E-state index contributed by atoms with van der Waals surface area (Å²) in [4.78, 5) is 29.5. The fraction of sp³-hybridized carbons (Fsp3) is 0.867. The molecular formula is C15H27N3O3. The van der Waals surface area contributed by atoms with Crippen LogP contribution in [0.5, 0.6) is 0 Å². The van der Waals surface area contributed by atoms with E-state index in [0.29, 0.717) is 19.1 Å². The van der Waals surface area contributed by atoms with Gasteiger partial charge in [-0.05, 0) is 32.2 Å². The van der Waals surface area contributed by atoms with Gasteiger partial charge in [-0.1, -0.05) is 6.92 Å². The molecule has 120 valence electrons. The molecule has 2 amide bonds. The van der Waals surface area contributed by atoms with Gasteiger partial charge in [0.25, 0.3) is 0 Å². The molecule has 2 saturated heterocycles. The lowest BCUT2D eigenvalue weighted by Gasteiger charge is -2.42. The molecule has 2 aliphatic heterocycles. The van der Waals surface area contributed by atoms with Gasteiger partial charge < -0.3 is 14.9 Å². The molecule has 1 atom stereocenters. The molecule has 1 unspecified atom stereocenters. The maximum Gasteiger partial charge on any atom is 0.320 e. The molecule has 2 heterocycles. The Hall–Kier alpha value is -1.30. The predicted octanol–water partition coefficient (Wildman–Crippen LogP) is 1.32. The molecule has 0 aromatic heterocycles. The van der Waals surface area contributed by atoms with Crippen molar-refractivity contribution in [2.45, 2.75) is 39.2 Å². The Balaban J connectivity index is 1.81. The van der Waals surface area contributed by atoms with Crippen molar-refractivity contribution in [3.63, 3.8) is 0 Å². The number of likely N-dealkylation sites (tertiary alicyclic amines) is 1. The highest BCUT2D eigenvalue weighted by atomic mass is 16.4. The summed E-state index contributed by atoms with van der Waals surface area (Å²) >= 11 is 0. The maximum absolute atomic E-state index is 12.5. The Morgan fingerprint density at radius 3 is 2.29 bits per heavy atom. The van der Waals surface area contributed by atoms with Crippen LogP contribution in [0.2, 0.25) is 0 Å². The summed E-state index contributed by atoms with van der Waals surface area (Å²) in [7, 11) is 0. The lowest BCUT2D eigenvalue weighted by molar-refractivity contribution is -0.138. The van der Waals surface area contributed by atoms with Crippen LogP contribution in [0.15, 0.2) is 0 Å². The smallest absolute Gasteiger partial charge is 0.320 e. The summed E-state index contributed by atoms with van der Waals surface area (Å²) in [5.41, 5.74) is 0. The van der Waals surface area contributed by atoms with E-state index in [9.17, 15) is 9.59 Å². The monoisotopic (exact) mass is 297 g/mol. The maximum atomic E-state index is 12.5. The number of aliphatic carboxylic acids is 1. The summed E-state index contributed by atoms with van der Waals surface area (Å²) in [5.74, 6) is -0.508. The Kier molecular flexibility index (Phi) is 5.45. The van der Waals surface area contributed by atoms with Crippen molar-refractivity contribution in [1.29, 1.82) is 0 Å². The highest BCUT2D eigenvalue weighted by molar-refractivity contribution is 5.75. The van der Waals surface area contributed by atoms with Crippen LogP contribution < -0.4 is 0 Å². The number of rotatable bonds is 3. The Bertz CT molecular complexity index is 380. The van der Waals surface area contributed by atoms with E-state index in [2.05, 4.69) is 18.7 Å². The number of carboxylic acid groups (broad SMARTS) is 1. The minimum atomic E-state index is -0.732. The molecule has 0 aromatic rings. The molecule has 2 fully saturated rings. The Labute approximate surface area is 126 Å². The number of hydrogen-bond donors (Lipinski definition) is 1. The molecule has 21 heavy (non-hydrogen) atoms. The number of urea groups is 1. The molecule has 0 radical (unpaired) electrons. The second-order valence-corrected chi connectivity index (χ2v) is 6.23. The van der Waals surface area contributed by atoms with Gasteiger partial charge in [0.1, 0.15) is 0 Å². The summed E-state index contributed by atoms with van der Waals surface area (Å²) in [6, 6.07) is 0.545. The van der Waals surface area contributed by atoms with Crippen molar-refractivity contribution >= 4 is 12.0 Å². The minimum absolute atomic E-state index is 0.131. The molecule has 2 aliphatic rings. The van der Waals surface area contributed by atoms with Crippen LogP contribution in [0, 0.1) is 5.92 Å². The lowest BCUT2D eigenvalue weighted by Crippen LogP contribution is -2.57. The van der Waals surface area contributed by atoms with E-state index in [1.807, 2.05) is 9.80 Å². The van der Waals surface area contributed by atoms with Crippen LogP contribution >= 0.6 is 0 Å². The number of carbonyl (C=O) groups excluding carboxylic acids is 1. The van der Waals surface area contributed by atoms with Crippen molar-refractivity contribution < 1.29 is 14.7 Å². The van der Waals surface area contributed by atoms with E-state index in [0.717, 1.165) is 39.0 Å². The lowest BCUT2D eigenvalue weighted by atomic mass is 9.94. The van der Waals surface area contributed by atoms with Gasteiger partial charge in [0.2, 0.25) is 0 Å². The Morgan fingerprint density at radius 2 is 1.76 bits per heavy atom. The number of amides is 2.